The molecule has 0 spiro atoms. The summed E-state index contributed by atoms with van der Waals surface area (Å²) in [4.78, 5) is 4.23. The van der Waals surface area contributed by atoms with Crippen molar-refractivity contribution in [3.8, 4) is 0 Å². The van der Waals surface area contributed by atoms with E-state index in [1.54, 1.807) is 12.3 Å². The summed E-state index contributed by atoms with van der Waals surface area (Å²) in [5.41, 5.74) is 2.50. The van der Waals surface area contributed by atoms with E-state index in [4.69, 9.17) is 5.84 Å². The molecule has 0 fully saturated rings. The molecule has 0 radical (unpaired) electrons. The summed E-state index contributed by atoms with van der Waals surface area (Å²) in [5, 5.41) is 7.30. The van der Waals surface area contributed by atoms with Gasteiger partial charge in [-0.25, -0.2) is 10.8 Å². The molecule has 0 saturated carbocycles. The van der Waals surface area contributed by atoms with Crippen LogP contribution in [-0.4, -0.2) is 21.3 Å². The molecule has 0 amide bonds. The molecular formula is C10H14N6. The number of nitrogen functional groups attached to an aromatic ring is 1. The molecule has 0 aliphatic carbocycles. The van der Waals surface area contributed by atoms with Crippen LogP contribution >= 0.6 is 0 Å². The summed E-state index contributed by atoms with van der Waals surface area (Å²) in [7, 11) is 0. The lowest BCUT2D eigenvalue weighted by atomic mass is 10.4. The van der Waals surface area contributed by atoms with E-state index in [9.17, 15) is 0 Å². The normalized spacial score (nSPS) is 10.1. The van der Waals surface area contributed by atoms with E-state index < -0.39 is 0 Å². The van der Waals surface area contributed by atoms with Gasteiger partial charge in [-0.3, -0.25) is 4.68 Å². The van der Waals surface area contributed by atoms with Gasteiger partial charge < -0.3 is 10.7 Å². The zero-order valence-electron chi connectivity index (χ0n) is 8.80. The van der Waals surface area contributed by atoms with Gasteiger partial charge in [-0.1, -0.05) is 6.07 Å². The Bertz CT molecular complexity index is 425. The monoisotopic (exact) mass is 218 g/mol. The van der Waals surface area contributed by atoms with E-state index in [1.807, 2.05) is 29.1 Å². The summed E-state index contributed by atoms with van der Waals surface area (Å²) in [6, 6.07) is 7.48. The van der Waals surface area contributed by atoms with E-state index in [0.29, 0.717) is 5.82 Å². The molecule has 0 saturated heterocycles. The molecule has 0 bridgehead atoms. The van der Waals surface area contributed by atoms with Gasteiger partial charge >= 0.3 is 0 Å². The van der Waals surface area contributed by atoms with Crippen molar-refractivity contribution >= 4 is 11.6 Å². The highest BCUT2D eigenvalue weighted by atomic mass is 15.3. The fourth-order valence-electron chi connectivity index (χ4n) is 1.34. The van der Waals surface area contributed by atoms with Gasteiger partial charge in [-0.05, 0) is 18.2 Å². The molecule has 6 nitrogen and oxygen atoms in total. The zero-order valence-corrected chi connectivity index (χ0v) is 8.80. The van der Waals surface area contributed by atoms with Crippen LogP contribution in [0.1, 0.15) is 0 Å². The van der Waals surface area contributed by atoms with Crippen molar-refractivity contribution in [2.45, 2.75) is 6.54 Å². The third-order valence-electron chi connectivity index (χ3n) is 2.10. The van der Waals surface area contributed by atoms with Gasteiger partial charge in [-0.15, -0.1) is 0 Å². The minimum Gasteiger partial charge on any atom is -0.368 e. The zero-order chi connectivity index (χ0) is 11.2. The van der Waals surface area contributed by atoms with E-state index in [0.717, 1.165) is 18.9 Å². The number of nitrogens with one attached hydrogen (secondary N) is 2. The maximum absolute atomic E-state index is 5.27. The second-order valence-electron chi connectivity index (χ2n) is 3.25. The predicted octanol–water partition coefficient (Wildman–Crippen LogP) is 0.676. The van der Waals surface area contributed by atoms with Crippen molar-refractivity contribution in [2.75, 3.05) is 17.3 Å². The Morgan fingerprint density at radius 2 is 2.12 bits per heavy atom. The van der Waals surface area contributed by atoms with E-state index in [-0.39, 0.29) is 0 Å². The molecule has 6 heteroatoms. The molecule has 0 atom stereocenters. The highest BCUT2D eigenvalue weighted by molar-refractivity contribution is 5.44. The van der Waals surface area contributed by atoms with Gasteiger partial charge in [0, 0.05) is 18.9 Å². The van der Waals surface area contributed by atoms with E-state index in [1.165, 1.54) is 0 Å². The number of hydrogen-bond donors (Lipinski definition) is 3. The summed E-state index contributed by atoms with van der Waals surface area (Å²) in [6.07, 6.45) is 3.68. The molecule has 0 aliphatic rings. The average molecular weight is 218 g/mol. The molecule has 2 rings (SSSR count). The van der Waals surface area contributed by atoms with Crippen LogP contribution in [-0.2, 0) is 6.54 Å². The Balaban J connectivity index is 1.85. The average Bonchev–Trinajstić information content (AvgIpc) is 2.82. The number of aromatic nitrogens is 3. The van der Waals surface area contributed by atoms with Crippen LogP contribution in [0.5, 0.6) is 0 Å². The van der Waals surface area contributed by atoms with Crippen LogP contribution in [0.2, 0.25) is 0 Å². The summed E-state index contributed by atoms with van der Waals surface area (Å²) in [6.45, 7) is 1.57. The van der Waals surface area contributed by atoms with Crippen molar-refractivity contribution in [2.24, 2.45) is 5.84 Å². The first-order valence-corrected chi connectivity index (χ1v) is 5.03. The van der Waals surface area contributed by atoms with Crippen molar-refractivity contribution in [1.29, 1.82) is 0 Å². The SMILES string of the molecule is NNc1cccc(NCCn2cccn2)n1. The number of anilines is 2. The van der Waals surface area contributed by atoms with Crippen LogP contribution in [0, 0.1) is 0 Å². The third kappa shape index (κ3) is 2.71. The van der Waals surface area contributed by atoms with Crippen LogP contribution in [0.3, 0.4) is 0 Å². The minimum absolute atomic E-state index is 0.643. The number of nitrogens with zero attached hydrogens (tertiary/aromatic N) is 3. The van der Waals surface area contributed by atoms with Gasteiger partial charge in [0.05, 0.1) is 6.54 Å². The number of pyridine rings is 1. The molecule has 2 heterocycles. The van der Waals surface area contributed by atoms with Crippen LogP contribution in [0.4, 0.5) is 11.6 Å². The molecule has 4 N–H and O–H groups in total. The van der Waals surface area contributed by atoms with Gasteiger partial charge in [0.1, 0.15) is 11.6 Å². The second kappa shape index (κ2) is 5.13. The molecule has 84 valence electrons. The third-order valence-corrected chi connectivity index (χ3v) is 2.10. The maximum atomic E-state index is 5.27. The Morgan fingerprint density at radius 3 is 2.88 bits per heavy atom. The smallest absolute Gasteiger partial charge is 0.142 e. The lowest BCUT2D eigenvalue weighted by molar-refractivity contribution is 0.637. The Labute approximate surface area is 93.5 Å². The van der Waals surface area contributed by atoms with E-state index in [2.05, 4.69) is 20.8 Å². The first-order chi connectivity index (χ1) is 7.88. The first-order valence-electron chi connectivity index (χ1n) is 5.03. The highest BCUT2D eigenvalue weighted by Gasteiger charge is 1.95. The molecule has 16 heavy (non-hydrogen) atoms. The van der Waals surface area contributed by atoms with Crippen molar-refractivity contribution in [3.63, 3.8) is 0 Å². The van der Waals surface area contributed by atoms with Crippen molar-refractivity contribution < 1.29 is 0 Å². The first kappa shape index (κ1) is 10.4. The Morgan fingerprint density at radius 1 is 1.25 bits per heavy atom. The lowest BCUT2D eigenvalue weighted by Crippen LogP contribution is -2.13. The number of hydrogen-bond acceptors (Lipinski definition) is 5. The van der Waals surface area contributed by atoms with Gasteiger partial charge in [0.15, 0.2) is 0 Å². The number of hydrazine groups is 1. The lowest BCUT2D eigenvalue weighted by Gasteiger charge is -2.07. The summed E-state index contributed by atoms with van der Waals surface area (Å²) in [5.74, 6) is 6.71. The maximum Gasteiger partial charge on any atom is 0.142 e. The molecule has 0 unspecified atom stereocenters. The molecular weight excluding hydrogens is 204 g/mol. The standard InChI is InChI=1S/C10H14N6/c11-15-10-4-1-3-9(14-10)12-6-8-16-7-2-5-13-16/h1-5,7H,6,8,11H2,(H2,12,14,15). The predicted molar refractivity (Wildman–Crippen MR) is 62.8 cm³/mol. The quantitative estimate of drug-likeness (QED) is 0.508. The van der Waals surface area contributed by atoms with Crippen molar-refractivity contribution in [3.05, 3.63) is 36.7 Å². The molecule has 0 aromatic carbocycles. The van der Waals surface area contributed by atoms with Crippen molar-refractivity contribution in [1.82, 2.24) is 14.8 Å². The number of nitrogens with two attached hydrogens (primary N) is 1. The Hall–Kier alpha value is -2.08. The van der Waals surface area contributed by atoms with Gasteiger partial charge in [0.2, 0.25) is 0 Å². The Kier molecular flexibility index (Phi) is 3.35. The van der Waals surface area contributed by atoms with Crippen LogP contribution in [0.15, 0.2) is 36.7 Å². The topological polar surface area (TPSA) is 80.8 Å². The van der Waals surface area contributed by atoms with Gasteiger partial charge in [-0.2, -0.15) is 5.10 Å². The van der Waals surface area contributed by atoms with Gasteiger partial charge in [0.25, 0.3) is 0 Å². The summed E-state index contributed by atoms with van der Waals surface area (Å²) >= 11 is 0. The van der Waals surface area contributed by atoms with Crippen LogP contribution in [0.25, 0.3) is 0 Å². The van der Waals surface area contributed by atoms with E-state index >= 15 is 0 Å². The highest BCUT2D eigenvalue weighted by Crippen LogP contribution is 2.07. The second-order valence-corrected chi connectivity index (χ2v) is 3.25. The fourth-order valence-corrected chi connectivity index (χ4v) is 1.34. The molecule has 0 aliphatic heterocycles. The fraction of sp³-hybridized carbons (Fsp3) is 0.200. The number of rotatable bonds is 5. The molecule has 2 aromatic heterocycles. The van der Waals surface area contributed by atoms with Crippen LogP contribution < -0.4 is 16.6 Å². The summed E-state index contributed by atoms with van der Waals surface area (Å²) < 4.78 is 1.86. The molecule has 2 aromatic rings. The largest absolute Gasteiger partial charge is 0.368 e. The minimum atomic E-state index is 0.643.